The number of aryl methyl sites for hydroxylation is 2. The van der Waals surface area contributed by atoms with Gasteiger partial charge in [0.15, 0.2) is 11.2 Å². The lowest BCUT2D eigenvalue weighted by molar-refractivity contribution is 0.259. The zero-order chi connectivity index (χ0) is 18.9. The molecule has 2 unspecified atom stereocenters. The van der Waals surface area contributed by atoms with Crippen molar-refractivity contribution in [2.24, 2.45) is 24.8 Å². The second-order valence-electron chi connectivity index (χ2n) is 9.26. The maximum atomic E-state index is 13.2. The van der Waals surface area contributed by atoms with Gasteiger partial charge in [-0.25, -0.2) is 9.78 Å². The van der Waals surface area contributed by atoms with Gasteiger partial charge in [0.25, 0.3) is 5.56 Å². The van der Waals surface area contributed by atoms with Gasteiger partial charge >= 0.3 is 5.69 Å². The van der Waals surface area contributed by atoms with E-state index >= 15 is 0 Å². The van der Waals surface area contributed by atoms with E-state index in [4.69, 9.17) is 4.98 Å². The van der Waals surface area contributed by atoms with Crippen molar-refractivity contribution in [2.45, 2.75) is 77.3 Å². The molecule has 4 fully saturated rings. The van der Waals surface area contributed by atoms with Crippen LogP contribution in [-0.4, -0.2) is 18.7 Å². The Morgan fingerprint density at radius 1 is 1.00 bits per heavy atom. The number of hydrogen-bond acceptors (Lipinski definition) is 3. The first-order valence-electron chi connectivity index (χ1n) is 10.7. The van der Waals surface area contributed by atoms with E-state index in [1.807, 2.05) is 14.0 Å². The molecule has 0 aliphatic heterocycles. The summed E-state index contributed by atoms with van der Waals surface area (Å²) in [5, 5.41) is 0. The van der Waals surface area contributed by atoms with Gasteiger partial charge in [0.05, 0.1) is 0 Å². The molecule has 6 rings (SSSR count). The number of nitrogens with zero attached hydrogens (tertiary/aromatic N) is 4. The fourth-order valence-electron chi connectivity index (χ4n) is 6.82. The third-order valence-corrected chi connectivity index (χ3v) is 7.57. The summed E-state index contributed by atoms with van der Waals surface area (Å²) < 4.78 is 5.21. The van der Waals surface area contributed by atoms with Crippen LogP contribution in [0.5, 0.6) is 0 Å². The first kappa shape index (κ1) is 17.3. The lowest BCUT2D eigenvalue weighted by atomic mass is 9.75. The highest BCUT2D eigenvalue weighted by Crippen LogP contribution is 2.65. The summed E-state index contributed by atoms with van der Waals surface area (Å²) in [6, 6.07) is 0. The third-order valence-electron chi connectivity index (χ3n) is 7.57. The van der Waals surface area contributed by atoms with Gasteiger partial charge in [0.1, 0.15) is 5.82 Å². The second kappa shape index (κ2) is 5.82. The summed E-state index contributed by atoms with van der Waals surface area (Å²) >= 11 is 0. The topological polar surface area (TPSA) is 61.8 Å². The molecule has 146 valence electrons. The molecular formula is C21H30N4O2. The highest BCUT2D eigenvalue weighted by atomic mass is 16.2. The predicted molar refractivity (Wildman–Crippen MR) is 105 cm³/mol. The van der Waals surface area contributed by atoms with Crippen molar-refractivity contribution in [1.29, 1.82) is 0 Å². The minimum Gasteiger partial charge on any atom is -0.325 e. The molecule has 0 N–H and O–H groups in total. The van der Waals surface area contributed by atoms with Gasteiger partial charge in [-0.1, -0.05) is 13.8 Å². The van der Waals surface area contributed by atoms with Crippen molar-refractivity contribution < 1.29 is 0 Å². The Labute approximate surface area is 159 Å². The molecule has 6 nitrogen and oxygen atoms in total. The molecule has 4 aliphatic rings. The molecule has 0 radical (unpaired) electrons. The van der Waals surface area contributed by atoms with Crippen LogP contribution < -0.4 is 11.2 Å². The van der Waals surface area contributed by atoms with Gasteiger partial charge in [0, 0.05) is 25.6 Å². The van der Waals surface area contributed by atoms with Crippen molar-refractivity contribution in [3.8, 4) is 0 Å². The molecule has 0 amide bonds. The van der Waals surface area contributed by atoms with E-state index in [2.05, 4.69) is 11.5 Å². The Kier molecular flexibility index (Phi) is 3.72. The SMILES string of the molecule is CCCn1c(=O)c2c(nc(C34CC5CC(CC3C5)C4)n2C)n(CCC)c1=O. The second-order valence-corrected chi connectivity index (χ2v) is 9.26. The number of rotatable bonds is 5. The highest BCUT2D eigenvalue weighted by Gasteiger charge is 2.60. The van der Waals surface area contributed by atoms with Gasteiger partial charge in [-0.3, -0.25) is 13.9 Å². The van der Waals surface area contributed by atoms with Crippen LogP contribution in [-0.2, 0) is 25.6 Å². The fraction of sp³-hybridized carbons (Fsp3) is 0.762. The Balaban J connectivity index is 1.79. The van der Waals surface area contributed by atoms with Gasteiger partial charge in [-0.2, -0.15) is 0 Å². The van der Waals surface area contributed by atoms with Crippen LogP contribution in [0.15, 0.2) is 9.59 Å². The lowest BCUT2D eigenvalue weighted by Gasteiger charge is -2.32. The van der Waals surface area contributed by atoms with Crippen molar-refractivity contribution in [1.82, 2.24) is 18.7 Å². The Morgan fingerprint density at radius 2 is 1.63 bits per heavy atom. The van der Waals surface area contributed by atoms with Gasteiger partial charge in [-0.05, 0) is 62.7 Å². The molecule has 2 heterocycles. The van der Waals surface area contributed by atoms with Crippen LogP contribution in [0.2, 0.25) is 0 Å². The molecule has 0 aromatic carbocycles. The van der Waals surface area contributed by atoms with Crippen molar-refractivity contribution in [3.63, 3.8) is 0 Å². The zero-order valence-corrected chi connectivity index (χ0v) is 16.7. The highest BCUT2D eigenvalue weighted by molar-refractivity contribution is 5.71. The molecule has 6 heteroatoms. The third kappa shape index (κ3) is 2.15. The molecule has 4 aliphatic carbocycles. The van der Waals surface area contributed by atoms with Gasteiger partial charge in [0.2, 0.25) is 0 Å². The zero-order valence-electron chi connectivity index (χ0n) is 16.7. The summed E-state index contributed by atoms with van der Waals surface area (Å²) in [7, 11) is 2.00. The standard InChI is InChI=1S/C21H30N4O2/c1-4-6-24-17-16(18(26)25(7-5-2)20(24)27)23(3)19(22-17)21-11-13-8-14(12-21)10-15(21)9-13/h13-15H,4-12H2,1-3H3. The molecule has 2 aromatic rings. The fourth-order valence-corrected chi connectivity index (χ4v) is 6.82. The lowest BCUT2D eigenvalue weighted by Crippen LogP contribution is -2.40. The maximum absolute atomic E-state index is 13.2. The smallest absolute Gasteiger partial charge is 0.325 e. The number of hydrogen-bond donors (Lipinski definition) is 0. The first-order valence-corrected chi connectivity index (χ1v) is 10.7. The van der Waals surface area contributed by atoms with Crippen LogP contribution in [0.1, 0.15) is 64.6 Å². The summed E-state index contributed by atoms with van der Waals surface area (Å²) in [5.74, 6) is 3.44. The summed E-state index contributed by atoms with van der Waals surface area (Å²) in [6.07, 6.45) is 8.07. The van der Waals surface area contributed by atoms with Crippen LogP contribution in [0.4, 0.5) is 0 Å². The van der Waals surface area contributed by atoms with E-state index in [9.17, 15) is 9.59 Å². The van der Waals surface area contributed by atoms with Crippen molar-refractivity contribution in [2.75, 3.05) is 0 Å². The molecular weight excluding hydrogens is 340 g/mol. The molecule has 4 bridgehead atoms. The van der Waals surface area contributed by atoms with E-state index in [1.54, 1.807) is 4.57 Å². The summed E-state index contributed by atoms with van der Waals surface area (Å²) in [4.78, 5) is 31.2. The van der Waals surface area contributed by atoms with Gasteiger partial charge in [-0.15, -0.1) is 0 Å². The number of imidazole rings is 1. The van der Waals surface area contributed by atoms with E-state index in [0.717, 1.165) is 30.5 Å². The van der Waals surface area contributed by atoms with Crippen molar-refractivity contribution >= 4 is 11.2 Å². The van der Waals surface area contributed by atoms with E-state index in [0.29, 0.717) is 30.2 Å². The quantitative estimate of drug-likeness (QED) is 0.813. The summed E-state index contributed by atoms with van der Waals surface area (Å²) in [5.41, 5.74) is 0.996. The van der Waals surface area contributed by atoms with Crippen LogP contribution in [0.25, 0.3) is 11.2 Å². The van der Waals surface area contributed by atoms with Crippen molar-refractivity contribution in [3.05, 3.63) is 26.7 Å². The monoisotopic (exact) mass is 370 g/mol. The van der Waals surface area contributed by atoms with Crippen LogP contribution in [0, 0.1) is 17.8 Å². The molecule has 2 aromatic heterocycles. The normalized spacial score (nSPS) is 31.4. The van der Waals surface area contributed by atoms with E-state index in [1.165, 1.54) is 36.7 Å². The Bertz CT molecular complexity index is 1010. The maximum Gasteiger partial charge on any atom is 0.332 e. The summed E-state index contributed by atoms with van der Waals surface area (Å²) in [6.45, 7) is 5.14. The largest absolute Gasteiger partial charge is 0.332 e. The Morgan fingerprint density at radius 3 is 2.26 bits per heavy atom. The Hall–Kier alpha value is -1.85. The first-order chi connectivity index (χ1) is 13.0. The number of aromatic nitrogens is 4. The molecule has 2 atom stereocenters. The van der Waals surface area contributed by atoms with Crippen LogP contribution >= 0.6 is 0 Å². The predicted octanol–water partition coefficient (Wildman–Crippen LogP) is 2.79. The van der Waals surface area contributed by atoms with E-state index < -0.39 is 0 Å². The van der Waals surface area contributed by atoms with Gasteiger partial charge < -0.3 is 4.57 Å². The molecule has 4 saturated carbocycles. The average Bonchev–Trinajstić information content (AvgIpc) is 3.19. The minimum atomic E-state index is -0.199. The molecule has 27 heavy (non-hydrogen) atoms. The van der Waals surface area contributed by atoms with E-state index in [-0.39, 0.29) is 16.7 Å². The minimum absolute atomic E-state index is 0.135. The molecule has 0 saturated heterocycles. The number of fused-ring (bicyclic) bond motifs is 1. The average molecular weight is 370 g/mol. The van der Waals surface area contributed by atoms with Crippen LogP contribution in [0.3, 0.4) is 0 Å². The molecule has 0 spiro atoms.